The normalized spacial score (nSPS) is 16.7. The summed E-state index contributed by atoms with van der Waals surface area (Å²) in [4.78, 5) is 14.5. The quantitative estimate of drug-likeness (QED) is 0.893. The van der Waals surface area contributed by atoms with Crippen molar-refractivity contribution in [1.82, 2.24) is 25.2 Å². The first kappa shape index (κ1) is 16.8. The van der Waals surface area contributed by atoms with Crippen molar-refractivity contribution in [2.75, 3.05) is 26.9 Å². The highest BCUT2D eigenvalue weighted by atomic mass is 16.7. The number of carbonyl (C=O) groups is 1. The first-order chi connectivity index (χ1) is 12.6. The number of benzene rings is 1. The number of hydrogen-bond acceptors (Lipinski definition) is 6. The Kier molecular flexibility index (Phi) is 4.50. The van der Waals surface area contributed by atoms with Gasteiger partial charge in [0.15, 0.2) is 17.2 Å². The third-order valence-corrected chi connectivity index (χ3v) is 4.99. The average molecular weight is 357 g/mol. The standard InChI is InChI=1S/C18H23N5O3/c1-12-17(20-21-23(12)14-5-7-19-8-6-14)18(24)22(2)10-13-3-4-15-16(9-13)26-11-25-15/h3-4,9,14,19H,5-8,10-11H2,1-2H3. The maximum Gasteiger partial charge on any atom is 0.276 e. The molecule has 1 aromatic heterocycles. The van der Waals surface area contributed by atoms with E-state index in [0.29, 0.717) is 18.3 Å². The Morgan fingerprint density at radius 3 is 2.88 bits per heavy atom. The number of piperidine rings is 1. The molecule has 0 radical (unpaired) electrons. The second-order valence-electron chi connectivity index (χ2n) is 6.80. The van der Waals surface area contributed by atoms with Crippen LogP contribution in [0.25, 0.3) is 0 Å². The van der Waals surface area contributed by atoms with Gasteiger partial charge in [-0.25, -0.2) is 4.68 Å². The smallest absolute Gasteiger partial charge is 0.276 e. The van der Waals surface area contributed by atoms with Gasteiger partial charge in [-0.15, -0.1) is 5.10 Å². The first-order valence-electron chi connectivity index (χ1n) is 8.90. The number of nitrogens with one attached hydrogen (secondary N) is 1. The van der Waals surface area contributed by atoms with E-state index in [0.717, 1.165) is 48.7 Å². The average Bonchev–Trinajstić information content (AvgIpc) is 3.27. The van der Waals surface area contributed by atoms with Gasteiger partial charge in [0.1, 0.15) is 0 Å². The molecule has 1 amide bonds. The summed E-state index contributed by atoms with van der Waals surface area (Å²) in [5.74, 6) is 1.33. The molecule has 1 N–H and O–H groups in total. The number of carbonyl (C=O) groups excluding carboxylic acids is 1. The van der Waals surface area contributed by atoms with E-state index in [1.54, 1.807) is 11.9 Å². The van der Waals surface area contributed by atoms with Gasteiger partial charge in [-0.2, -0.15) is 0 Å². The van der Waals surface area contributed by atoms with Crippen LogP contribution in [0.1, 0.15) is 40.6 Å². The number of hydrogen-bond donors (Lipinski definition) is 1. The Hall–Kier alpha value is -2.61. The molecule has 2 aliphatic rings. The van der Waals surface area contributed by atoms with Crippen LogP contribution >= 0.6 is 0 Å². The monoisotopic (exact) mass is 357 g/mol. The van der Waals surface area contributed by atoms with E-state index in [4.69, 9.17) is 9.47 Å². The van der Waals surface area contributed by atoms with Gasteiger partial charge >= 0.3 is 0 Å². The second kappa shape index (κ2) is 6.95. The molecule has 1 aromatic carbocycles. The summed E-state index contributed by atoms with van der Waals surface area (Å²) < 4.78 is 12.6. The predicted molar refractivity (Wildman–Crippen MR) is 94.3 cm³/mol. The van der Waals surface area contributed by atoms with E-state index in [9.17, 15) is 4.79 Å². The molecular weight excluding hydrogens is 334 g/mol. The van der Waals surface area contributed by atoms with Crippen molar-refractivity contribution in [3.63, 3.8) is 0 Å². The topological polar surface area (TPSA) is 81.5 Å². The van der Waals surface area contributed by atoms with Gasteiger partial charge in [0.2, 0.25) is 6.79 Å². The zero-order valence-corrected chi connectivity index (χ0v) is 15.1. The summed E-state index contributed by atoms with van der Waals surface area (Å²) in [6.07, 6.45) is 2.01. The van der Waals surface area contributed by atoms with Crippen molar-refractivity contribution >= 4 is 5.91 Å². The van der Waals surface area contributed by atoms with Crippen LogP contribution in [0.4, 0.5) is 0 Å². The van der Waals surface area contributed by atoms with E-state index in [2.05, 4.69) is 15.6 Å². The minimum Gasteiger partial charge on any atom is -0.454 e. The third-order valence-electron chi connectivity index (χ3n) is 4.99. The van der Waals surface area contributed by atoms with Crippen molar-refractivity contribution in [2.24, 2.45) is 0 Å². The number of ether oxygens (including phenoxy) is 2. The molecule has 138 valence electrons. The number of nitrogens with zero attached hydrogens (tertiary/aromatic N) is 4. The second-order valence-corrected chi connectivity index (χ2v) is 6.80. The summed E-state index contributed by atoms with van der Waals surface area (Å²) in [5, 5.41) is 11.8. The molecule has 8 heteroatoms. The largest absolute Gasteiger partial charge is 0.454 e. The Labute approximate surface area is 152 Å². The number of fused-ring (bicyclic) bond motifs is 1. The molecule has 0 aliphatic carbocycles. The van der Waals surface area contributed by atoms with Crippen LogP contribution in [0, 0.1) is 6.92 Å². The molecular formula is C18H23N5O3. The van der Waals surface area contributed by atoms with Crippen LogP contribution in [-0.2, 0) is 6.54 Å². The molecule has 8 nitrogen and oxygen atoms in total. The maximum atomic E-state index is 12.8. The highest BCUT2D eigenvalue weighted by Crippen LogP contribution is 2.32. The van der Waals surface area contributed by atoms with E-state index in [1.807, 2.05) is 29.8 Å². The van der Waals surface area contributed by atoms with Gasteiger partial charge < -0.3 is 19.7 Å². The molecule has 4 rings (SSSR count). The molecule has 26 heavy (non-hydrogen) atoms. The fourth-order valence-corrected chi connectivity index (χ4v) is 3.50. The van der Waals surface area contributed by atoms with Crippen LogP contribution in [-0.4, -0.2) is 52.7 Å². The molecule has 2 aliphatic heterocycles. The highest BCUT2D eigenvalue weighted by molar-refractivity contribution is 5.93. The van der Waals surface area contributed by atoms with E-state index >= 15 is 0 Å². The lowest BCUT2D eigenvalue weighted by Crippen LogP contribution is -2.30. The fraction of sp³-hybridized carbons (Fsp3) is 0.500. The van der Waals surface area contributed by atoms with Crippen molar-refractivity contribution < 1.29 is 14.3 Å². The summed E-state index contributed by atoms with van der Waals surface area (Å²) in [6, 6.07) is 6.03. The predicted octanol–water partition coefficient (Wildman–Crippen LogP) is 1.51. The molecule has 0 unspecified atom stereocenters. The van der Waals surface area contributed by atoms with E-state index < -0.39 is 0 Å². The Morgan fingerprint density at radius 2 is 2.08 bits per heavy atom. The molecule has 2 aromatic rings. The molecule has 0 bridgehead atoms. The number of amides is 1. The zero-order chi connectivity index (χ0) is 18.1. The van der Waals surface area contributed by atoms with Crippen LogP contribution < -0.4 is 14.8 Å². The summed E-state index contributed by atoms with van der Waals surface area (Å²) >= 11 is 0. The van der Waals surface area contributed by atoms with Crippen molar-refractivity contribution in [3.8, 4) is 11.5 Å². The fourth-order valence-electron chi connectivity index (χ4n) is 3.50. The lowest BCUT2D eigenvalue weighted by Gasteiger charge is -2.23. The van der Waals surface area contributed by atoms with Crippen LogP contribution in [0.5, 0.6) is 11.5 Å². The Morgan fingerprint density at radius 1 is 1.31 bits per heavy atom. The molecule has 0 atom stereocenters. The van der Waals surface area contributed by atoms with Crippen LogP contribution in [0.3, 0.4) is 0 Å². The van der Waals surface area contributed by atoms with Crippen molar-refractivity contribution in [2.45, 2.75) is 32.4 Å². The van der Waals surface area contributed by atoms with E-state index in [-0.39, 0.29) is 12.7 Å². The van der Waals surface area contributed by atoms with Crippen LogP contribution in [0.15, 0.2) is 18.2 Å². The first-order valence-corrected chi connectivity index (χ1v) is 8.90. The highest BCUT2D eigenvalue weighted by Gasteiger charge is 2.25. The molecule has 0 spiro atoms. The van der Waals surface area contributed by atoms with Gasteiger partial charge in [0, 0.05) is 13.6 Å². The van der Waals surface area contributed by atoms with Gasteiger partial charge in [0.05, 0.1) is 11.7 Å². The Balaban J connectivity index is 1.47. The summed E-state index contributed by atoms with van der Waals surface area (Å²) in [7, 11) is 1.77. The SMILES string of the molecule is Cc1c(C(=O)N(C)Cc2ccc3c(c2)OCO3)nnn1C1CCNCC1. The maximum absolute atomic E-state index is 12.8. The number of aromatic nitrogens is 3. The summed E-state index contributed by atoms with van der Waals surface area (Å²) in [6.45, 7) is 4.57. The minimum atomic E-state index is -0.125. The van der Waals surface area contributed by atoms with Crippen molar-refractivity contribution in [1.29, 1.82) is 0 Å². The minimum absolute atomic E-state index is 0.125. The van der Waals surface area contributed by atoms with Crippen molar-refractivity contribution in [3.05, 3.63) is 35.2 Å². The van der Waals surface area contributed by atoms with E-state index in [1.165, 1.54) is 0 Å². The van der Waals surface area contributed by atoms with Gasteiger partial charge in [-0.05, 0) is 50.6 Å². The van der Waals surface area contributed by atoms with Gasteiger partial charge in [0.25, 0.3) is 5.91 Å². The lowest BCUT2D eigenvalue weighted by atomic mass is 10.1. The Bertz CT molecular complexity index is 813. The molecule has 3 heterocycles. The zero-order valence-electron chi connectivity index (χ0n) is 15.1. The summed E-state index contributed by atoms with van der Waals surface area (Å²) in [5.41, 5.74) is 2.24. The van der Waals surface area contributed by atoms with Gasteiger partial charge in [-0.3, -0.25) is 4.79 Å². The number of rotatable bonds is 4. The lowest BCUT2D eigenvalue weighted by molar-refractivity contribution is 0.0778. The third kappa shape index (κ3) is 3.12. The molecule has 1 fully saturated rings. The molecule has 0 saturated carbocycles. The molecule has 1 saturated heterocycles. The van der Waals surface area contributed by atoms with Gasteiger partial charge in [-0.1, -0.05) is 11.3 Å². The van der Waals surface area contributed by atoms with Crippen LogP contribution in [0.2, 0.25) is 0 Å².